The zero-order chi connectivity index (χ0) is 15.7. The van der Waals surface area contributed by atoms with Gasteiger partial charge in [0.15, 0.2) is 0 Å². The molecular weight excluding hydrogens is 360 g/mol. The molecule has 1 aliphatic rings. The summed E-state index contributed by atoms with van der Waals surface area (Å²) in [5, 5.41) is 2.95. The molecule has 3 rings (SSSR count). The molecule has 0 fully saturated rings. The van der Waals surface area contributed by atoms with Crippen LogP contribution in [0.1, 0.15) is 13.8 Å². The molecule has 1 heterocycles. The zero-order valence-electron chi connectivity index (χ0n) is 12.5. The lowest BCUT2D eigenvalue weighted by atomic mass is 10.0. The summed E-state index contributed by atoms with van der Waals surface area (Å²) in [6, 6.07) is 14.6. The van der Waals surface area contributed by atoms with E-state index in [0.717, 1.165) is 15.7 Å². The molecule has 3 nitrogen and oxygen atoms in total. The van der Waals surface area contributed by atoms with Crippen molar-refractivity contribution in [2.45, 2.75) is 24.8 Å². The molecule has 0 aliphatic carbocycles. The molecule has 114 valence electrons. The Kier molecular flexibility index (Phi) is 4.45. The number of fused-ring (bicyclic) bond motifs is 3. The molecule has 0 spiro atoms. The van der Waals surface area contributed by atoms with Crippen LogP contribution in [0.2, 0.25) is 0 Å². The molecule has 1 N–H and O–H groups in total. The molecule has 0 saturated heterocycles. The molecule has 0 radical (unpaired) electrons. The van der Waals surface area contributed by atoms with Gasteiger partial charge in [-0.15, -0.1) is 0 Å². The smallest absolute Gasteiger partial charge is 0.240 e. The Morgan fingerprint density at radius 2 is 2.00 bits per heavy atom. The van der Waals surface area contributed by atoms with Gasteiger partial charge in [-0.25, -0.2) is 0 Å². The van der Waals surface area contributed by atoms with Crippen molar-refractivity contribution in [2.24, 2.45) is 0 Å². The average molecular weight is 377 g/mol. The van der Waals surface area contributed by atoms with Crippen LogP contribution in [0.4, 0.5) is 5.69 Å². The summed E-state index contributed by atoms with van der Waals surface area (Å²) < 4.78 is 3.10. The van der Waals surface area contributed by atoms with E-state index in [2.05, 4.69) is 49.8 Å². The Morgan fingerprint density at radius 1 is 1.23 bits per heavy atom. The van der Waals surface area contributed by atoms with Gasteiger partial charge in [0.2, 0.25) is 5.91 Å². The van der Waals surface area contributed by atoms with E-state index in [1.807, 2.05) is 32.0 Å². The third kappa shape index (κ3) is 3.15. The predicted octanol–water partition coefficient (Wildman–Crippen LogP) is 4.47. The summed E-state index contributed by atoms with van der Waals surface area (Å²) >= 11 is 5.16. The van der Waals surface area contributed by atoms with Crippen LogP contribution >= 0.6 is 27.9 Å². The summed E-state index contributed by atoms with van der Waals surface area (Å²) in [5.41, 5.74) is 3.44. The Labute approximate surface area is 143 Å². The molecule has 1 amide bonds. The van der Waals surface area contributed by atoms with E-state index in [4.69, 9.17) is 0 Å². The first kappa shape index (κ1) is 15.4. The monoisotopic (exact) mass is 376 g/mol. The molecule has 0 atom stereocenters. The maximum Gasteiger partial charge on any atom is 0.240 e. The maximum absolute atomic E-state index is 12.1. The Balaban J connectivity index is 1.97. The minimum atomic E-state index is 0.0377. The van der Waals surface area contributed by atoms with Gasteiger partial charge in [0.05, 0.1) is 5.69 Å². The number of hydrogen-bond acceptors (Lipinski definition) is 3. The van der Waals surface area contributed by atoms with E-state index in [1.165, 1.54) is 10.5 Å². The lowest BCUT2D eigenvalue weighted by Gasteiger charge is -2.31. The van der Waals surface area contributed by atoms with Crippen LogP contribution in [0.5, 0.6) is 0 Å². The second kappa shape index (κ2) is 6.34. The minimum Gasteiger partial charge on any atom is -0.352 e. The van der Waals surface area contributed by atoms with Gasteiger partial charge in [0.25, 0.3) is 0 Å². The number of carbonyl (C=O) groups excluding carboxylic acids is 1. The number of hydrogen-bond donors (Lipinski definition) is 1. The third-order valence-corrected chi connectivity index (χ3v) is 4.94. The average Bonchev–Trinajstić information content (AvgIpc) is 2.46. The second-order valence-corrected chi connectivity index (χ2v) is 7.49. The standard InChI is InChI=1S/C17H17BrN2OS/c1-11(2)19-17(21)10-20-15-8-7-12(18)9-14(15)13-5-3-4-6-16(13)22-20/h3-9,11H,10H2,1-2H3,(H,19,21). The van der Waals surface area contributed by atoms with Crippen LogP contribution in [0.3, 0.4) is 0 Å². The molecular formula is C17H17BrN2OS. The molecule has 22 heavy (non-hydrogen) atoms. The SMILES string of the molecule is CC(C)NC(=O)CN1Sc2ccccc2-c2cc(Br)ccc21. The first-order valence-electron chi connectivity index (χ1n) is 7.18. The first-order chi connectivity index (χ1) is 10.5. The summed E-state index contributed by atoms with van der Waals surface area (Å²) in [7, 11) is 0. The highest BCUT2D eigenvalue weighted by atomic mass is 79.9. The largest absolute Gasteiger partial charge is 0.352 e. The number of nitrogens with zero attached hydrogens (tertiary/aromatic N) is 1. The molecule has 0 bridgehead atoms. The Morgan fingerprint density at radius 3 is 2.77 bits per heavy atom. The molecule has 2 aromatic rings. The van der Waals surface area contributed by atoms with Crippen molar-refractivity contribution in [1.29, 1.82) is 0 Å². The predicted molar refractivity (Wildman–Crippen MR) is 96.1 cm³/mol. The molecule has 5 heteroatoms. The van der Waals surface area contributed by atoms with Gasteiger partial charge in [-0.05, 0) is 55.6 Å². The highest BCUT2D eigenvalue weighted by Crippen LogP contribution is 2.46. The Bertz CT molecular complexity index is 718. The number of rotatable bonds is 3. The van der Waals surface area contributed by atoms with E-state index in [1.54, 1.807) is 11.9 Å². The quantitative estimate of drug-likeness (QED) is 0.802. The van der Waals surface area contributed by atoms with Crippen LogP contribution in [0, 0.1) is 0 Å². The van der Waals surface area contributed by atoms with Gasteiger partial charge in [-0.1, -0.05) is 34.1 Å². The Hall–Kier alpha value is -1.46. The van der Waals surface area contributed by atoms with Crippen LogP contribution in [0.25, 0.3) is 11.1 Å². The zero-order valence-corrected chi connectivity index (χ0v) is 14.9. The fraction of sp³-hybridized carbons (Fsp3) is 0.235. The van der Waals surface area contributed by atoms with Crippen molar-refractivity contribution in [2.75, 3.05) is 10.8 Å². The van der Waals surface area contributed by atoms with Gasteiger partial charge in [-0.2, -0.15) is 0 Å². The highest BCUT2D eigenvalue weighted by Gasteiger charge is 2.24. The van der Waals surface area contributed by atoms with Crippen LogP contribution < -0.4 is 9.62 Å². The van der Waals surface area contributed by atoms with Crippen molar-refractivity contribution in [3.63, 3.8) is 0 Å². The number of nitrogens with one attached hydrogen (secondary N) is 1. The summed E-state index contributed by atoms with van der Waals surface area (Å²) in [6.07, 6.45) is 0. The number of halogens is 1. The van der Waals surface area contributed by atoms with E-state index in [-0.39, 0.29) is 11.9 Å². The number of carbonyl (C=O) groups is 1. The molecule has 0 saturated carbocycles. The normalized spacial score (nSPS) is 12.8. The van der Waals surface area contributed by atoms with E-state index >= 15 is 0 Å². The van der Waals surface area contributed by atoms with E-state index < -0.39 is 0 Å². The van der Waals surface area contributed by atoms with Crippen molar-refractivity contribution < 1.29 is 4.79 Å². The van der Waals surface area contributed by atoms with Crippen molar-refractivity contribution in [1.82, 2.24) is 5.32 Å². The minimum absolute atomic E-state index is 0.0377. The van der Waals surface area contributed by atoms with Gasteiger partial charge in [0.1, 0.15) is 6.54 Å². The van der Waals surface area contributed by atoms with Crippen LogP contribution in [0.15, 0.2) is 51.8 Å². The van der Waals surface area contributed by atoms with Gasteiger partial charge < -0.3 is 9.62 Å². The van der Waals surface area contributed by atoms with Crippen molar-refractivity contribution >= 4 is 39.5 Å². The van der Waals surface area contributed by atoms with Gasteiger partial charge in [0, 0.05) is 21.0 Å². The third-order valence-electron chi connectivity index (χ3n) is 3.35. The summed E-state index contributed by atoms with van der Waals surface area (Å²) in [6.45, 7) is 4.29. The maximum atomic E-state index is 12.1. The number of benzene rings is 2. The molecule has 2 aromatic carbocycles. The lowest BCUT2D eigenvalue weighted by Crippen LogP contribution is -2.38. The fourth-order valence-corrected chi connectivity index (χ4v) is 3.95. The number of anilines is 1. The van der Waals surface area contributed by atoms with Crippen molar-refractivity contribution in [3.8, 4) is 11.1 Å². The summed E-state index contributed by atoms with van der Waals surface area (Å²) in [4.78, 5) is 13.3. The highest BCUT2D eigenvalue weighted by molar-refractivity contribution is 9.10. The van der Waals surface area contributed by atoms with Gasteiger partial charge >= 0.3 is 0 Å². The van der Waals surface area contributed by atoms with E-state index in [9.17, 15) is 4.79 Å². The molecule has 1 aliphatic heterocycles. The van der Waals surface area contributed by atoms with Crippen molar-refractivity contribution in [3.05, 3.63) is 46.9 Å². The van der Waals surface area contributed by atoms with Crippen LogP contribution in [-0.2, 0) is 4.79 Å². The first-order valence-corrected chi connectivity index (χ1v) is 8.75. The fourth-order valence-electron chi connectivity index (χ4n) is 2.49. The number of amides is 1. The molecule has 0 aromatic heterocycles. The topological polar surface area (TPSA) is 32.3 Å². The van der Waals surface area contributed by atoms with Crippen LogP contribution in [-0.4, -0.2) is 18.5 Å². The second-order valence-electron chi connectivity index (χ2n) is 5.51. The summed E-state index contributed by atoms with van der Waals surface area (Å²) in [5.74, 6) is 0.0377. The lowest BCUT2D eigenvalue weighted by molar-refractivity contribution is -0.120. The molecule has 0 unspecified atom stereocenters. The van der Waals surface area contributed by atoms with Gasteiger partial charge in [-0.3, -0.25) is 4.79 Å². The van der Waals surface area contributed by atoms with E-state index in [0.29, 0.717) is 6.54 Å².